The highest BCUT2D eigenvalue weighted by molar-refractivity contribution is 5.99. The molecule has 0 radical (unpaired) electrons. The SMILES string of the molecule is COc1ccnc(C(=O)C[C@@H](C)C(=O)O[C@@H](C)[C@H](Oc2cc(F)ccc2F)c2ccccc2)c1OCOC(C)=O. The number of carbonyl (C=O) groups excluding carboxylic acids is 3. The Labute approximate surface area is 230 Å². The van der Waals surface area contributed by atoms with E-state index < -0.39 is 54.3 Å². The molecule has 212 valence electrons. The van der Waals surface area contributed by atoms with Crippen molar-refractivity contribution in [2.24, 2.45) is 5.92 Å². The van der Waals surface area contributed by atoms with Gasteiger partial charge >= 0.3 is 11.9 Å². The van der Waals surface area contributed by atoms with Gasteiger partial charge in [-0.3, -0.25) is 14.4 Å². The van der Waals surface area contributed by atoms with E-state index in [1.807, 2.05) is 0 Å². The number of ether oxygens (including phenoxy) is 5. The Morgan fingerprint density at radius 1 is 0.975 bits per heavy atom. The third-order valence-electron chi connectivity index (χ3n) is 5.72. The Bertz CT molecular complexity index is 1330. The molecule has 3 atom stereocenters. The molecular formula is C29H29F2NO8. The monoisotopic (exact) mass is 557 g/mol. The highest BCUT2D eigenvalue weighted by Crippen LogP contribution is 2.32. The number of aromatic nitrogens is 1. The van der Waals surface area contributed by atoms with Crippen molar-refractivity contribution in [1.29, 1.82) is 0 Å². The van der Waals surface area contributed by atoms with Gasteiger partial charge in [0.15, 0.2) is 40.6 Å². The molecule has 1 heterocycles. The van der Waals surface area contributed by atoms with Gasteiger partial charge in [-0.1, -0.05) is 37.3 Å². The van der Waals surface area contributed by atoms with Gasteiger partial charge < -0.3 is 23.7 Å². The summed E-state index contributed by atoms with van der Waals surface area (Å²) in [6.45, 7) is 3.77. The minimum atomic E-state index is -0.981. The molecule has 40 heavy (non-hydrogen) atoms. The quantitative estimate of drug-likeness (QED) is 0.159. The number of ketones is 1. The molecule has 0 fully saturated rings. The van der Waals surface area contributed by atoms with Gasteiger partial charge in [-0.25, -0.2) is 13.8 Å². The van der Waals surface area contributed by atoms with E-state index >= 15 is 0 Å². The third kappa shape index (κ3) is 7.98. The van der Waals surface area contributed by atoms with E-state index in [9.17, 15) is 23.2 Å². The molecule has 0 aliphatic rings. The number of esters is 2. The number of hydrogen-bond acceptors (Lipinski definition) is 9. The van der Waals surface area contributed by atoms with Gasteiger partial charge in [-0.05, 0) is 24.6 Å². The molecule has 0 aliphatic carbocycles. The zero-order valence-corrected chi connectivity index (χ0v) is 22.4. The third-order valence-corrected chi connectivity index (χ3v) is 5.72. The van der Waals surface area contributed by atoms with Crippen molar-refractivity contribution in [2.75, 3.05) is 13.9 Å². The second kappa shape index (κ2) is 14.0. The summed E-state index contributed by atoms with van der Waals surface area (Å²) >= 11 is 0. The van der Waals surface area contributed by atoms with Crippen molar-refractivity contribution in [3.63, 3.8) is 0 Å². The Kier molecular flexibility index (Phi) is 10.5. The summed E-state index contributed by atoms with van der Waals surface area (Å²) < 4.78 is 54.8. The Morgan fingerprint density at radius 3 is 2.38 bits per heavy atom. The lowest BCUT2D eigenvalue weighted by Gasteiger charge is -2.26. The predicted molar refractivity (Wildman–Crippen MR) is 138 cm³/mol. The first-order valence-corrected chi connectivity index (χ1v) is 12.3. The normalized spacial score (nSPS) is 12.9. The molecule has 0 aliphatic heterocycles. The first kappa shape index (κ1) is 30.0. The topological polar surface area (TPSA) is 110 Å². The Morgan fingerprint density at radius 2 is 1.70 bits per heavy atom. The number of rotatable bonds is 13. The van der Waals surface area contributed by atoms with Crippen LogP contribution in [0.1, 0.15) is 49.3 Å². The van der Waals surface area contributed by atoms with Crippen LogP contribution in [0.5, 0.6) is 17.2 Å². The molecule has 0 saturated heterocycles. The number of Topliss-reactive ketones (excluding diaryl/α,β-unsaturated/α-hetero) is 1. The maximum absolute atomic E-state index is 14.3. The maximum atomic E-state index is 14.3. The second-order valence-electron chi connectivity index (χ2n) is 8.78. The zero-order valence-electron chi connectivity index (χ0n) is 22.4. The second-order valence-corrected chi connectivity index (χ2v) is 8.78. The molecule has 0 bridgehead atoms. The van der Waals surface area contributed by atoms with E-state index in [4.69, 9.17) is 23.7 Å². The molecule has 9 nitrogen and oxygen atoms in total. The van der Waals surface area contributed by atoms with E-state index in [1.165, 1.54) is 33.2 Å². The zero-order chi connectivity index (χ0) is 29.2. The van der Waals surface area contributed by atoms with E-state index in [0.29, 0.717) is 5.56 Å². The first-order chi connectivity index (χ1) is 19.1. The van der Waals surface area contributed by atoms with E-state index in [-0.39, 0.29) is 29.4 Å². The smallest absolute Gasteiger partial charge is 0.309 e. The number of carbonyl (C=O) groups is 3. The molecule has 0 spiro atoms. The molecule has 1 aromatic heterocycles. The number of hydrogen-bond donors (Lipinski definition) is 0. The van der Waals surface area contributed by atoms with Gasteiger partial charge in [0.1, 0.15) is 11.9 Å². The fourth-order valence-electron chi connectivity index (χ4n) is 3.70. The van der Waals surface area contributed by atoms with Crippen LogP contribution in [0.4, 0.5) is 8.78 Å². The van der Waals surface area contributed by atoms with Crippen LogP contribution in [-0.2, 0) is 19.1 Å². The summed E-state index contributed by atoms with van der Waals surface area (Å²) in [5.41, 5.74) is 0.441. The summed E-state index contributed by atoms with van der Waals surface area (Å²) in [5, 5.41) is 0. The Balaban J connectivity index is 1.74. The van der Waals surface area contributed by atoms with E-state index in [2.05, 4.69) is 4.98 Å². The van der Waals surface area contributed by atoms with Crippen molar-refractivity contribution in [1.82, 2.24) is 4.98 Å². The molecule has 0 unspecified atom stereocenters. The van der Waals surface area contributed by atoms with Crippen LogP contribution < -0.4 is 14.2 Å². The van der Waals surface area contributed by atoms with Crippen molar-refractivity contribution in [3.8, 4) is 17.2 Å². The summed E-state index contributed by atoms with van der Waals surface area (Å²) in [4.78, 5) is 41.2. The summed E-state index contributed by atoms with van der Waals surface area (Å²) in [6, 6.07) is 12.9. The van der Waals surface area contributed by atoms with Crippen LogP contribution in [-0.4, -0.2) is 42.7 Å². The molecule has 3 aromatic rings. The van der Waals surface area contributed by atoms with Gasteiger partial charge in [0, 0.05) is 31.7 Å². The molecule has 0 saturated carbocycles. The Hall–Kier alpha value is -4.54. The van der Waals surface area contributed by atoms with E-state index in [0.717, 1.165) is 18.2 Å². The van der Waals surface area contributed by atoms with Crippen molar-refractivity contribution in [2.45, 2.75) is 39.4 Å². The predicted octanol–water partition coefficient (Wildman–Crippen LogP) is 5.23. The molecule has 2 aromatic carbocycles. The lowest BCUT2D eigenvalue weighted by atomic mass is 10.0. The molecule has 0 amide bonds. The average molecular weight is 558 g/mol. The number of pyridine rings is 1. The summed E-state index contributed by atoms with van der Waals surface area (Å²) in [7, 11) is 1.37. The molecular weight excluding hydrogens is 528 g/mol. The lowest BCUT2D eigenvalue weighted by Crippen LogP contribution is -2.30. The van der Waals surface area contributed by atoms with Crippen LogP contribution in [0.25, 0.3) is 0 Å². The van der Waals surface area contributed by atoms with Crippen molar-refractivity contribution in [3.05, 3.63) is 83.7 Å². The number of nitrogens with zero attached hydrogens (tertiary/aromatic N) is 1. The van der Waals surface area contributed by atoms with Crippen molar-refractivity contribution < 1.29 is 46.8 Å². The number of benzene rings is 2. The average Bonchev–Trinajstić information content (AvgIpc) is 2.93. The fraction of sp³-hybridized carbons (Fsp3) is 0.310. The lowest BCUT2D eigenvalue weighted by molar-refractivity contribution is -0.157. The molecule has 11 heteroatoms. The van der Waals surface area contributed by atoms with Crippen LogP contribution >= 0.6 is 0 Å². The maximum Gasteiger partial charge on any atom is 0.309 e. The van der Waals surface area contributed by atoms with Gasteiger partial charge in [0.25, 0.3) is 0 Å². The van der Waals surface area contributed by atoms with Gasteiger partial charge in [-0.15, -0.1) is 0 Å². The molecule has 0 N–H and O–H groups in total. The largest absolute Gasteiger partial charge is 0.493 e. The highest BCUT2D eigenvalue weighted by atomic mass is 19.1. The van der Waals surface area contributed by atoms with Crippen LogP contribution in [0.3, 0.4) is 0 Å². The fourth-order valence-corrected chi connectivity index (χ4v) is 3.70. The van der Waals surface area contributed by atoms with Gasteiger partial charge in [0.05, 0.1) is 13.0 Å². The van der Waals surface area contributed by atoms with Gasteiger partial charge in [-0.2, -0.15) is 0 Å². The van der Waals surface area contributed by atoms with Crippen molar-refractivity contribution >= 4 is 17.7 Å². The van der Waals surface area contributed by atoms with Gasteiger partial charge in [0.2, 0.25) is 6.79 Å². The minimum absolute atomic E-state index is 0.0418. The first-order valence-electron chi connectivity index (χ1n) is 12.3. The van der Waals surface area contributed by atoms with Crippen LogP contribution in [0.15, 0.2) is 60.8 Å². The van der Waals surface area contributed by atoms with Crippen LogP contribution in [0.2, 0.25) is 0 Å². The van der Waals surface area contributed by atoms with E-state index in [1.54, 1.807) is 37.3 Å². The minimum Gasteiger partial charge on any atom is -0.493 e. The highest BCUT2D eigenvalue weighted by Gasteiger charge is 2.30. The van der Waals surface area contributed by atoms with Crippen LogP contribution in [0, 0.1) is 17.6 Å². The number of methoxy groups -OCH3 is 1. The molecule has 3 rings (SSSR count). The summed E-state index contributed by atoms with van der Waals surface area (Å²) in [6.07, 6.45) is -0.896. The summed E-state index contributed by atoms with van der Waals surface area (Å²) in [5.74, 6) is -4.46. The standard InChI is InChI=1S/C29H29F2NO8/c1-17(14-23(34)26-28(38-16-37-19(3)33)24(36-4)12-13-32-26)29(35)39-18(2)27(20-8-6-5-7-9-20)40-25-15-21(30)10-11-22(25)31/h5-13,15,17-18,27H,14,16H2,1-4H3/t17-,18+,27+/m1/s1. The number of halogens is 2.